The second-order valence-corrected chi connectivity index (χ2v) is 6.21. The molecule has 20 heavy (non-hydrogen) atoms. The van der Waals surface area contributed by atoms with Gasteiger partial charge in [0.15, 0.2) is 0 Å². The molecule has 0 aromatic heterocycles. The van der Waals surface area contributed by atoms with Gasteiger partial charge in [0, 0.05) is 25.7 Å². The van der Waals surface area contributed by atoms with Gasteiger partial charge in [-0.1, -0.05) is 0 Å². The number of halogens is 1. The Kier molecular flexibility index (Phi) is 5.46. The quantitative estimate of drug-likeness (QED) is 0.625. The smallest absolute Gasteiger partial charge is 0.305 e. The number of hydrogen-bond donors (Lipinski definition) is 1. The van der Waals surface area contributed by atoms with Gasteiger partial charge in [0.25, 0.3) is 0 Å². The third kappa shape index (κ3) is 3.91. The van der Waals surface area contributed by atoms with Crippen LogP contribution in [0.25, 0.3) is 0 Å². The highest BCUT2D eigenvalue weighted by Gasteiger charge is 2.24. The molecule has 0 aliphatic carbocycles. The molecule has 6 nitrogen and oxygen atoms in total. The van der Waals surface area contributed by atoms with Crippen LogP contribution in [0.15, 0.2) is 23.1 Å². The van der Waals surface area contributed by atoms with Gasteiger partial charge in [0.05, 0.1) is 7.11 Å². The number of sulfonamides is 1. The Morgan fingerprint density at radius 3 is 2.65 bits per heavy atom. The largest absolute Gasteiger partial charge is 0.469 e. The van der Waals surface area contributed by atoms with Crippen LogP contribution in [0.3, 0.4) is 0 Å². The van der Waals surface area contributed by atoms with E-state index in [1.807, 2.05) is 0 Å². The van der Waals surface area contributed by atoms with Crippen molar-refractivity contribution in [2.24, 2.45) is 0 Å². The molecule has 1 rings (SSSR count). The molecule has 0 aliphatic rings. The van der Waals surface area contributed by atoms with Crippen LogP contribution in [0, 0.1) is 5.82 Å². The molecule has 0 amide bonds. The molecule has 1 aromatic rings. The predicted octanol–water partition coefficient (Wildman–Crippen LogP) is 0.982. The topological polar surface area (TPSA) is 89.7 Å². The van der Waals surface area contributed by atoms with Gasteiger partial charge in [0.1, 0.15) is 10.7 Å². The number of hydrogen-bond acceptors (Lipinski definition) is 5. The number of carbonyl (C=O) groups excluding carboxylic acids is 1. The van der Waals surface area contributed by atoms with Crippen molar-refractivity contribution in [3.8, 4) is 0 Å². The molecule has 0 heterocycles. The van der Waals surface area contributed by atoms with E-state index in [4.69, 9.17) is 5.73 Å². The minimum absolute atomic E-state index is 0.0846. The number of methoxy groups -OCH3 is 1. The maximum Gasteiger partial charge on any atom is 0.305 e. The first-order valence-corrected chi connectivity index (χ1v) is 7.31. The zero-order valence-corrected chi connectivity index (χ0v) is 12.1. The number of ether oxygens (including phenoxy) is 1. The van der Waals surface area contributed by atoms with Gasteiger partial charge >= 0.3 is 5.97 Å². The van der Waals surface area contributed by atoms with E-state index in [1.165, 1.54) is 20.2 Å². The molecule has 0 spiro atoms. The van der Waals surface area contributed by atoms with Gasteiger partial charge in [-0.2, -0.15) is 0 Å². The molecule has 8 heteroatoms. The molecule has 0 radical (unpaired) electrons. The molecule has 0 saturated heterocycles. The van der Waals surface area contributed by atoms with Gasteiger partial charge in [-0.05, 0) is 24.6 Å². The zero-order chi connectivity index (χ0) is 15.3. The first-order chi connectivity index (χ1) is 9.28. The number of nitrogens with zero attached hydrogens (tertiary/aromatic N) is 1. The zero-order valence-electron chi connectivity index (χ0n) is 11.3. The fourth-order valence-electron chi connectivity index (χ4n) is 1.56. The minimum atomic E-state index is -3.94. The lowest BCUT2D eigenvalue weighted by Crippen LogP contribution is -2.29. The molecule has 0 bridgehead atoms. The van der Waals surface area contributed by atoms with Crippen LogP contribution in [0.5, 0.6) is 0 Å². The minimum Gasteiger partial charge on any atom is -0.469 e. The Morgan fingerprint density at radius 2 is 2.10 bits per heavy atom. The second kappa shape index (κ2) is 6.67. The molecule has 0 atom stereocenters. The summed E-state index contributed by atoms with van der Waals surface area (Å²) in [5.74, 6) is -1.32. The number of anilines is 1. The Balaban J connectivity index is 2.79. The monoisotopic (exact) mass is 304 g/mol. The van der Waals surface area contributed by atoms with E-state index in [9.17, 15) is 17.6 Å². The molecule has 0 unspecified atom stereocenters. The number of benzene rings is 1. The van der Waals surface area contributed by atoms with E-state index >= 15 is 0 Å². The van der Waals surface area contributed by atoms with Crippen molar-refractivity contribution in [3.63, 3.8) is 0 Å². The van der Waals surface area contributed by atoms with Crippen molar-refractivity contribution in [2.45, 2.75) is 17.7 Å². The highest BCUT2D eigenvalue weighted by Crippen LogP contribution is 2.20. The summed E-state index contributed by atoms with van der Waals surface area (Å²) in [5, 5.41) is 0. The third-order valence-corrected chi connectivity index (χ3v) is 4.62. The summed E-state index contributed by atoms with van der Waals surface area (Å²) in [7, 11) is -1.36. The van der Waals surface area contributed by atoms with Crippen molar-refractivity contribution in [1.29, 1.82) is 0 Å². The van der Waals surface area contributed by atoms with E-state index in [1.54, 1.807) is 0 Å². The van der Waals surface area contributed by atoms with Crippen LogP contribution in [-0.4, -0.2) is 39.4 Å². The average Bonchev–Trinajstić information content (AvgIpc) is 2.37. The van der Waals surface area contributed by atoms with Gasteiger partial charge in [-0.25, -0.2) is 17.1 Å². The first kappa shape index (κ1) is 16.4. The van der Waals surface area contributed by atoms with E-state index in [0.717, 1.165) is 16.4 Å². The van der Waals surface area contributed by atoms with Crippen LogP contribution in [0.1, 0.15) is 12.8 Å². The fraction of sp³-hybridized carbons (Fsp3) is 0.417. The van der Waals surface area contributed by atoms with E-state index in [0.29, 0.717) is 6.42 Å². The third-order valence-electron chi connectivity index (χ3n) is 2.73. The summed E-state index contributed by atoms with van der Waals surface area (Å²) in [6, 6.07) is 3.39. The number of nitrogens with two attached hydrogens (primary N) is 1. The van der Waals surface area contributed by atoms with Crippen molar-refractivity contribution in [2.75, 3.05) is 26.4 Å². The summed E-state index contributed by atoms with van der Waals surface area (Å²) in [6.07, 6.45) is 0.388. The summed E-state index contributed by atoms with van der Waals surface area (Å²) in [6.45, 7) is 0.0846. The number of carbonyl (C=O) groups is 1. The normalized spacial score (nSPS) is 11.6. The molecular formula is C12H17FN2O4S. The molecule has 112 valence electrons. The number of nitrogen functional groups attached to an aromatic ring is 1. The summed E-state index contributed by atoms with van der Waals surface area (Å²) < 4.78 is 43.4. The van der Waals surface area contributed by atoms with Gasteiger partial charge in [-0.15, -0.1) is 0 Å². The molecule has 2 N–H and O–H groups in total. The van der Waals surface area contributed by atoms with Gasteiger partial charge in [0.2, 0.25) is 10.0 Å². The maximum absolute atomic E-state index is 13.7. The van der Waals surface area contributed by atoms with Crippen molar-refractivity contribution < 1.29 is 22.3 Å². The van der Waals surface area contributed by atoms with E-state index < -0.39 is 26.7 Å². The first-order valence-electron chi connectivity index (χ1n) is 5.87. The fourth-order valence-corrected chi connectivity index (χ4v) is 2.81. The number of rotatable bonds is 6. The Labute approximate surface area is 117 Å². The Hall–Kier alpha value is -1.67. The van der Waals surface area contributed by atoms with Crippen LogP contribution in [-0.2, 0) is 19.6 Å². The van der Waals surface area contributed by atoms with Crippen LogP contribution in [0.2, 0.25) is 0 Å². The van der Waals surface area contributed by atoms with Gasteiger partial charge < -0.3 is 10.5 Å². The summed E-state index contributed by atoms with van der Waals surface area (Å²) in [4.78, 5) is 10.5. The summed E-state index contributed by atoms with van der Waals surface area (Å²) in [5.41, 5.74) is 5.52. The second-order valence-electron chi connectivity index (χ2n) is 4.20. The Morgan fingerprint density at radius 1 is 1.45 bits per heavy atom. The SMILES string of the molecule is COC(=O)CCCN(C)S(=O)(=O)c1ccc(N)cc1F. The maximum atomic E-state index is 13.7. The average molecular weight is 304 g/mol. The van der Waals surface area contributed by atoms with E-state index in [-0.39, 0.29) is 18.7 Å². The van der Waals surface area contributed by atoms with Crippen LogP contribution in [0.4, 0.5) is 10.1 Å². The van der Waals surface area contributed by atoms with Crippen LogP contribution < -0.4 is 5.73 Å². The lowest BCUT2D eigenvalue weighted by molar-refractivity contribution is -0.140. The molecule has 0 saturated carbocycles. The number of esters is 1. The lowest BCUT2D eigenvalue weighted by Gasteiger charge is -2.17. The van der Waals surface area contributed by atoms with Gasteiger partial charge in [-0.3, -0.25) is 4.79 Å². The molecule has 0 fully saturated rings. The van der Waals surface area contributed by atoms with Crippen molar-refractivity contribution in [3.05, 3.63) is 24.0 Å². The highest BCUT2D eigenvalue weighted by molar-refractivity contribution is 7.89. The van der Waals surface area contributed by atoms with E-state index in [2.05, 4.69) is 4.74 Å². The predicted molar refractivity (Wildman–Crippen MR) is 71.9 cm³/mol. The van der Waals surface area contributed by atoms with Crippen molar-refractivity contribution in [1.82, 2.24) is 4.31 Å². The molecule has 1 aromatic carbocycles. The standard InChI is InChI=1S/C12H17FN2O4S/c1-15(7-3-4-12(16)19-2)20(17,18)11-6-5-9(14)8-10(11)13/h5-6,8H,3-4,7,14H2,1-2H3. The summed E-state index contributed by atoms with van der Waals surface area (Å²) >= 11 is 0. The highest BCUT2D eigenvalue weighted by atomic mass is 32.2. The lowest BCUT2D eigenvalue weighted by atomic mass is 10.3. The molecular weight excluding hydrogens is 287 g/mol. The molecule has 0 aliphatic heterocycles. The van der Waals surface area contributed by atoms with Crippen LogP contribution >= 0.6 is 0 Å². The van der Waals surface area contributed by atoms with Crippen molar-refractivity contribution >= 4 is 21.7 Å². The Bertz CT molecular complexity index is 589.